The van der Waals surface area contributed by atoms with Crippen molar-refractivity contribution in [2.45, 2.75) is 16.7 Å². The zero-order valence-corrected chi connectivity index (χ0v) is 8.55. The summed E-state index contributed by atoms with van der Waals surface area (Å²) in [6.45, 7) is 2.10. The lowest BCUT2D eigenvalue weighted by Crippen LogP contribution is -2.10. The Hall–Kier alpha value is -1.05. The lowest BCUT2D eigenvalue weighted by atomic mass is 10.3. The standard InChI is InChI=1S/C10H11N3S/c11-6-8-2-1-4-13-10(8)14-9-3-5-12-7-9/h1-2,4,9,12H,3,5,7H2/t9-/m1/s1. The van der Waals surface area contributed by atoms with E-state index in [1.54, 1.807) is 24.0 Å². The fraction of sp³-hybridized carbons (Fsp3) is 0.400. The molecule has 0 aliphatic carbocycles. The van der Waals surface area contributed by atoms with Gasteiger partial charge in [0.15, 0.2) is 0 Å². The molecule has 1 aromatic heterocycles. The molecular formula is C10H11N3S. The van der Waals surface area contributed by atoms with Crippen LogP contribution in [0.5, 0.6) is 0 Å². The van der Waals surface area contributed by atoms with E-state index in [9.17, 15) is 0 Å². The van der Waals surface area contributed by atoms with E-state index in [-0.39, 0.29) is 0 Å². The molecule has 1 aliphatic heterocycles. The molecule has 0 amide bonds. The Morgan fingerprint density at radius 2 is 2.57 bits per heavy atom. The first-order valence-corrected chi connectivity index (χ1v) is 5.50. The number of thioether (sulfide) groups is 1. The van der Waals surface area contributed by atoms with Crippen LogP contribution in [-0.4, -0.2) is 23.3 Å². The number of nitrogens with zero attached hydrogens (tertiary/aromatic N) is 2. The van der Waals surface area contributed by atoms with Crippen molar-refractivity contribution >= 4 is 11.8 Å². The number of nitrogens with one attached hydrogen (secondary N) is 1. The molecule has 0 saturated carbocycles. The minimum absolute atomic E-state index is 0.567. The van der Waals surface area contributed by atoms with Crippen LogP contribution in [0.25, 0.3) is 0 Å². The highest BCUT2D eigenvalue weighted by atomic mass is 32.2. The summed E-state index contributed by atoms with van der Waals surface area (Å²) in [5, 5.41) is 13.6. The molecule has 1 aliphatic rings. The van der Waals surface area contributed by atoms with Gasteiger partial charge in [-0.15, -0.1) is 11.8 Å². The molecule has 2 rings (SSSR count). The topological polar surface area (TPSA) is 48.7 Å². The van der Waals surface area contributed by atoms with Crippen LogP contribution < -0.4 is 5.32 Å². The summed E-state index contributed by atoms with van der Waals surface area (Å²) in [5.74, 6) is 0. The summed E-state index contributed by atoms with van der Waals surface area (Å²) in [7, 11) is 0. The average Bonchev–Trinajstić information content (AvgIpc) is 2.71. The molecule has 1 aromatic rings. The van der Waals surface area contributed by atoms with Crippen molar-refractivity contribution in [1.29, 1.82) is 5.26 Å². The summed E-state index contributed by atoms with van der Waals surface area (Å²) in [5.41, 5.74) is 0.685. The van der Waals surface area contributed by atoms with E-state index in [4.69, 9.17) is 5.26 Å². The fourth-order valence-corrected chi connectivity index (χ4v) is 2.57. The van der Waals surface area contributed by atoms with Crippen LogP contribution in [0.3, 0.4) is 0 Å². The number of aromatic nitrogens is 1. The van der Waals surface area contributed by atoms with Crippen LogP contribution in [0.4, 0.5) is 0 Å². The third-order valence-electron chi connectivity index (χ3n) is 2.19. The van der Waals surface area contributed by atoms with Gasteiger partial charge in [0, 0.05) is 18.0 Å². The highest BCUT2D eigenvalue weighted by Gasteiger charge is 2.17. The van der Waals surface area contributed by atoms with Crippen molar-refractivity contribution in [3.8, 4) is 6.07 Å². The quantitative estimate of drug-likeness (QED) is 0.793. The first-order chi connectivity index (χ1) is 6.90. The van der Waals surface area contributed by atoms with E-state index in [1.807, 2.05) is 6.07 Å². The third kappa shape index (κ3) is 2.06. The first kappa shape index (κ1) is 9.50. The SMILES string of the molecule is N#Cc1cccnc1S[C@@H]1CCNC1. The van der Waals surface area contributed by atoms with Crippen molar-refractivity contribution in [3.63, 3.8) is 0 Å². The molecule has 1 atom stereocenters. The predicted molar refractivity (Wildman–Crippen MR) is 56.1 cm³/mol. The Morgan fingerprint density at radius 1 is 1.64 bits per heavy atom. The Kier molecular flexibility index (Phi) is 3.02. The maximum Gasteiger partial charge on any atom is 0.114 e. The van der Waals surface area contributed by atoms with Gasteiger partial charge < -0.3 is 5.32 Å². The Labute approximate surface area is 87.5 Å². The van der Waals surface area contributed by atoms with Gasteiger partial charge in [-0.3, -0.25) is 0 Å². The zero-order chi connectivity index (χ0) is 9.80. The zero-order valence-electron chi connectivity index (χ0n) is 7.73. The molecular weight excluding hydrogens is 194 g/mol. The molecule has 0 unspecified atom stereocenters. The Bertz CT molecular complexity index is 353. The van der Waals surface area contributed by atoms with Gasteiger partial charge in [0.25, 0.3) is 0 Å². The molecule has 3 nitrogen and oxygen atoms in total. The van der Waals surface area contributed by atoms with E-state index in [2.05, 4.69) is 16.4 Å². The number of nitriles is 1. The van der Waals surface area contributed by atoms with Gasteiger partial charge >= 0.3 is 0 Å². The van der Waals surface area contributed by atoms with Gasteiger partial charge in [-0.25, -0.2) is 4.98 Å². The van der Waals surface area contributed by atoms with Crippen LogP contribution in [0, 0.1) is 11.3 Å². The largest absolute Gasteiger partial charge is 0.316 e. The first-order valence-electron chi connectivity index (χ1n) is 4.62. The maximum atomic E-state index is 8.87. The van der Waals surface area contributed by atoms with Gasteiger partial charge in [0.1, 0.15) is 11.1 Å². The lowest BCUT2D eigenvalue weighted by Gasteiger charge is -2.07. The van der Waals surface area contributed by atoms with Crippen molar-refractivity contribution in [1.82, 2.24) is 10.3 Å². The fourth-order valence-electron chi connectivity index (χ4n) is 1.46. The number of rotatable bonds is 2. The summed E-state index contributed by atoms with van der Waals surface area (Å²) < 4.78 is 0. The number of hydrogen-bond acceptors (Lipinski definition) is 4. The molecule has 1 fully saturated rings. The monoisotopic (exact) mass is 205 g/mol. The summed E-state index contributed by atoms with van der Waals surface area (Å²) in [6, 6.07) is 5.78. The number of pyridine rings is 1. The molecule has 1 N–H and O–H groups in total. The second kappa shape index (κ2) is 4.45. The molecule has 2 heterocycles. The van der Waals surface area contributed by atoms with Gasteiger partial charge in [-0.05, 0) is 25.1 Å². The molecule has 0 bridgehead atoms. The molecule has 1 saturated heterocycles. The Morgan fingerprint density at radius 3 is 3.29 bits per heavy atom. The van der Waals surface area contributed by atoms with Gasteiger partial charge in [0.2, 0.25) is 0 Å². The molecule has 0 spiro atoms. The maximum absolute atomic E-state index is 8.87. The normalized spacial score (nSPS) is 20.6. The Balaban J connectivity index is 2.11. The van der Waals surface area contributed by atoms with Crippen molar-refractivity contribution < 1.29 is 0 Å². The third-order valence-corrected chi connectivity index (χ3v) is 3.47. The lowest BCUT2D eigenvalue weighted by molar-refractivity contribution is 0.858. The number of hydrogen-bond donors (Lipinski definition) is 1. The van der Waals surface area contributed by atoms with Crippen LogP contribution in [0.2, 0.25) is 0 Å². The van der Waals surface area contributed by atoms with Gasteiger partial charge in [-0.2, -0.15) is 5.26 Å². The van der Waals surface area contributed by atoms with E-state index in [0.29, 0.717) is 10.8 Å². The van der Waals surface area contributed by atoms with Crippen molar-refractivity contribution in [2.75, 3.05) is 13.1 Å². The van der Waals surface area contributed by atoms with E-state index < -0.39 is 0 Å². The molecule has 14 heavy (non-hydrogen) atoms. The minimum Gasteiger partial charge on any atom is -0.316 e. The van der Waals surface area contributed by atoms with Crippen LogP contribution in [-0.2, 0) is 0 Å². The van der Waals surface area contributed by atoms with E-state index >= 15 is 0 Å². The highest BCUT2D eigenvalue weighted by molar-refractivity contribution is 8.00. The predicted octanol–water partition coefficient (Wildman–Crippen LogP) is 1.41. The second-order valence-electron chi connectivity index (χ2n) is 3.20. The molecule has 0 aromatic carbocycles. The van der Waals surface area contributed by atoms with Gasteiger partial charge in [-0.1, -0.05) is 0 Å². The summed E-state index contributed by atoms with van der Waals surface area (Å²) in [4.78, 5) is 4.23. The highest BCUT2D eigenvalue weighted by Crippen LogP contribution is 2.27. The summed E-state index contributed by atoms with van der Waals surface area (Å²) >= 11 is 1.71. The molecule has 0 radical (unpaired) electrons. The van der Waals surface area contributed by atoms with Crippen molar-refractivity contribution in [2.24, 2.45) is 0 Å². The van der Waals surface area contributed by atoms with Gasteiger partial charge in [0.05, 0.1) is 5.56 Å². The second-order valence-corrected chi connectivity index (χ2v) is 4.49. The minimum atomic E-state index is 0.567. The smallest absolute Gasteiger partial charge is 0.114 e. The van der Waals surface area contributed by atoms with Crippen LogP contribution in [0.15, 0.2) is 23.4 Å². The van der Waals surface area contributed by atoms with Crippen LogP contribution in [0.1, 0.15) is 12.0 Å². The average molecular weight is 205 g/mol. The van der Waals surface area contributed by atoms with E-state index in [0.717, 1.165) is 24.5 Å². The van der Waals surface area contributed by atoms with E-state index in [1.165, 1.54) is 0 Å². The molecule has 4 heteroatoms. The van der Waals surface area contributed by atoms with Crippen molar-refractivity contribution in [3.05, 3.63) is 23.9 Å². The molecule has 72 valence electrons. The summed E-state index contributed by atoms with van der Waals surface area (Å²) in [6.07, 6.45) is 2.90. The van der Waals surface area contributed by atoms with Crippen LogP contribution >= 0.6 is 11.8 Å².